The van der Waals surface area contributed by atoms with Gasteiger partial charge in [0, 0.05) is 35.1 Å². The number of H-pyrrole nitrogens is 1. The van der Waals surface area contributed by atoms with Crippen LogP contribution in [-0.4, -0.2) is 52.4 Å². The minimum atomic E-state index is -0.220. The van der Waals surface area contributed by atoms with Gasteiger partial charge >= 0.3 is 0 Å². The standard InChI is InChI=1S/C27H35N3O3.2ClH/c1-17-19(20-5-2-3-7-23(20)29-17)6-4-12-30-13-10-18(11-14-30)25-15-22-21(26(16-28)33-25)8-9-24(31)27(22)32;;/h2-3,5,7-9,18,25-26,29,31-32H,4,6,10-16,28H2,1H3;2*1H/t25-,26-;;/m0../s1. The van der Waals surface area contributed by atoms with Gasteiger partial charge in [0.1, 0.15) is 0 Å². The fourth-order valence-electron chi connectivity index (χ4n) is 5.83. The number of hydrogen-bond acceptors (Lipinski definition) is 5. The Kier molecular flexibility index (Phi) is 9.35. The van der Waals surface area contributed by atoms with Crippen molar-refractivity contribution in [3.8, 4) is 11.5 Å². The molecule has 0 aliphatic carbocycles. The number of fused-ring (bicyclic) bond motifs is 2. The Morgan fingerprint density at radius 1 is 1.09 bits per heavy atom. The van der Waals surface area contributed by atoms with Crippen molar-refractivity contribution in [1.29, 1.82) is 0 Å². The lowest BCUT2D eigenvalue weighted by atomic mass is 9.83. The first-order chi connectivity index (χ1) is 16.0. The van der Waals surface area contributed by atoms with Crippen molar-refractivity contribution in [2.75, 3.05) is 26.2 Å². The number of hydrogen-bond donors (Lipinski definition) is 4. The van der Waals surface area contributed by atoms with Crippen molar-refractivity contribution < 1.29 is 14.9 Å². The smallest absolute Gasteiger partial charge is 0.161 e. The van der Waals surface area contributed by atoms with Gasteiger partial charge < -0.3 is 30.6 Å². The van der Waals surface area contributed by atoms with E-state index in [1.807, 2.05) is 6.07 Å². The Bertz CT molecular complexity index is 1130. The summed E-state index contributed by atoms with van der Waals surface area (Å²) in [6.45, 7) is 5.81. The zero-order chi connectivity index (χ0) is 22.9. The molecule has 0 saturated carbocycles. The van der Waals surface area contributed by atoms with Gasteiger partial charge in [-0.25, -0.2) is 0 Å². The van der Waals surface area contributed by atoms with Crippen LogP contribution in [0.4, 0.5) is 0 Å². The number of piperidine rings is 1. The predicted octanol–water partition coefficient (Wildman–Crippen LogP) is 5.02. The van der Waals surface area contributed by atoms with Crippen LogP contribution in [-0.2, 0) is 17.6 Å². The Labute approximate surface area is 219 Å². The number of nitrogens with zero attached hydrogens (tertiary/aromatic N) is 1. The number of nitrogens with one attached hydrogen (secondary N) is 1. The predicted molar refractivity (Wildman–Crippen MR) is 145 cm³/mol. The van der Waals surface area contributed by atoms with E-state index in [2.05, 4.69) is 41.1 Å². The molecular formula is C27H37Cl2N3O3. The quantitative estimate of drug-likeness (QED) is 0.341. The molecule has 5 N–H and O–H groups in total. The number of phenols is 2. The summed E-state index contributed by atoms with van der Waals surface area (Å²) in [7, 11) is 0. The van der Waals surface area contributed by atoms with E-state index in [-0.39, 0.29) is 48.5 Å². The summed E-state index contributed by atoms with van der Waals surface area (Å²) in [5.74, 6) is 0.371. The lowest BCUT2D eigenvalue weighted by molar-refractivity contribution is -0.0647. The third-order valence-electron chi connectivity index (χ3n) is 7.69. The summed E-state index contributed by atoms with van der Waals surface area (Å²) < 4.78 is 6.38. The number of phenolic OH excluding ortho intramolecular Hbond substituents is 2. The monoisotopic (exact) mass is 521 g/mol. The summed E-state index contributed by atoms with van der Waals surface area (Å²) in [6, 6.07) is 11.9. The van der Waals surface area contributed by atoms with Crippen molar-refractivity contribution >= 4 is 35.7 Å². The molecule has 2 aliphatic rings. The number of likely N-dealkylation sites (tertiary alicyclic amines) is 1. The molecule has 3 heterocycles. The number of nitrogens with two attached hydrogens (primary N) is 1. The van der Waals surface area contributed by atoms with Crippen molar-refractivity contribution in [1.82, 2.24) is 9.88 Å². The molecule has 2 aliphatic heterocycles. The SMILES string of the molecule is Cc1[nH]c2ccccc2c1CCCN1CCC([C@@H]2Cc3c(ccc(O)c3O)[C@H](CN)O2)CC1.Cl.Cl. The molecule has 0 spiro atoms. The largest absolute Gasteiger partial charge is 0.504 e. The first-order valence-corrected chi connectivity index (χ1v) is 12.2. The minimum absolute atomic E-state index is 0. The van der Waals surface area contributed by atoms with Crippen LogP contribution in [0.1, 0.15) is 47.8 Å². The van der Waals surface area contributed by atoms with Crippen LogP contribution in [0.5, 0.6) is 11.5 Å². The van der Waals surface area contributed by atoms with Crippen LogP contribution < -0.4 is 5.73 Å². The summed E-state index contributed by atoms with van der Waals surface area (Å²) >= 11 is 0. The van der Waals surface area contributed by atoms with Crippen molar-refractivity contribution in [3.05, 3.63) is 58.8 Å². The number of aromatic nitrogens is 1. The highest BCUT2D eigenvalue weighted by Crippen LogP contribution is 2.42. The Morgan fingerprint density at radius 3 is 2.57 bits per heavy atom. The molecule has 1 aromatic heterocycles. The van der Waals surface area contributed by atoms with E-state index < -0.39 is 0 Å². The van der Waals surface area contributed by atoms with E-state index in [9.17, 15) is 10.2 Å². The number of para-hydroxylation sites is 1. The Morgan fingerprint density at radius 2 is 1.83 bits per heavy atom. The molecule has 3 aromatic rings. The molecule has 1 fully saturated rings. The summed E-state index contributed by atoms with van der Waals surface area (Å²) in [5.41, 5.74) is 11.7. The maximum absolute atomic E-state index is 10.4. The maximum atomic E-state index is 10.4. The summed E-state index contributed by atoms with van der Waals surface area (Å²) in [4.78, 5) is 6.08. The lowest BCUT2D eigenvalue weighted by Gasteiger charge is -2.40. The van der Waals surface area contributed by atoms with E-state index in [0.29, 0.717) is 18.9 Å². The van der Waals surface area contributed by atoms with Gasteiger partial charge in [0.15, 0.2) is 11.5 Å². The molecular weight excluding hydrogens is 485 g/mol. The third-order valence-corrected chi connectivity index (χ3v) is 7.69. The average Bonchev–Trinajstić information content (AvgIpc) is 3.16. The highest BCUT2D eigenvalue weighted by Gasteiger charge is 2.35. The molecule has 0 bridgehead atoms. The van der Waals surface area contributed by atoms with E-state index in [1.165, 1.54) is 28.2 Å². The molecule has 0 radical (unpaired) electrons. The van der Waals surface area contributed by atoms with E-state index in [0.717, 1.165) is 56.4 Å². The Balaban J connectivity index is 0.00000171. The van der Waals surface area contributed by atoms with E-state index >= 15 is 0 Å². The summed E-state index contributed by atoms with van der Waals surface area (Å²) in [6.07, 6.45) is 4.88. The van der Waals surface area contributed by atoms with Gasteiger partial charge in [-0.05, 0) is 81.4 Å². The van der Waals surface area contributed by atoms with Crippen molar-refractivity contribution in [2.45, 2.75) is 51.2 Å². The third kappa shape index (κ3) is 5.57. The number of ether oxygens (including phenoxy) is 1. The van der Waals surface area contributed by atoms with Gasteiger partial charge in [-0.15, -0.1) is 24.8 Å². The fourth-order valence-corrected chi connectivity index (χ4v) is 5.83. The van der Waals surface area contributed by atoms with Crippen LogP contribution in [0.3, 0.4) is 0 Å². The number of rotatable bonds is 6. The van der Waals surface area contributed by atoms with Gasteiger partial charge in [-0.2, -0.15) is 0 Å². The zero-order valence-electron chi connectivity index (χ0n) is 20.2. The normalized spacial score (nSPS) is 20.7. The number of aromatic amines is 1. The minimum Gasteiger partial charge on any atom is -0.504 e. The van der Waals surface area contributed by atoms with Crippen LogP contribution >= 0.6 is 24.8 Å². The lowest BCUT2D eigenvalue weighted by Crippen LogP contribution is -2.42. The molecule has 192 valence electrons. The highest BCUT2D eigenvalue weighted by atomic mass is 35.5. The van der Waals surface area contributed by atoms with Crippen LogP contribution in [0.15, 0.2) is 36.4 Å². The number of aromatic hydroxyl groups is 2. The van der Waals surface area contributed by atoms with Gasteiger partial charge in [0.05, 0.1) is 12.2 Å². The van der Waals surface area contributed by atoms with Crippen LogP contribution in [0.25, 0.3) is 10.9 Å². The van der Waals surface area contributed by atoms with Gasteiger partial charge in [0.25, 0.3) is 0 Å². The molecule has 6 nitrogen and oxygen atoms in total. The molecule has 35 heavy (non-hydrogen) atoms. The molecule has 0 unspecified atom stereocenters. The molecule has 8 heteroatoms. The zero-order valence-corrected chi connectivity index (χ0v) is 21.8. The second-order valence-corrected chi connectivity index (χ2v) is 9.66. The number of halogens is 2. The fraction of sp³-hybridized carbons (Fsp3) is 0.481. The van der Waals surface area contributed by atoms with Crippen LogP contribution in [0.2, 0.25) is 0 Å². The molecule has 0 amide bonds. The molecule has 2 atom stereocenters. The van der Waals surface area contributed by atoms with Gasteiger partial charge in [-0.3, -0.25) is 0 Å². The number of benzene rings is 2. The highest BCUT2D eigenvalue weighted by molar-refractivity contribution is 5.86. The topological polar surface area (TPSA) is 94.7 Å². The van der Waals surface area contributed by atoms with Gasteiger partial charge in [-0.1, -0.05) is 24.3 Å². The van der Waals surface area contributed by atoms with E-state index in [1.54, 1.807) is 0 Å². The number of aryl methyl sites for hydroxylation is 2. The van der Waals surface area contributed by atoms with E-state index in [4.69, 9.17) is 10.5 Å². The van der Waals surface area contributed by atoms with Crippen molar-refractivity contribution in [2.24, 2.45) is 11.7 Å². The second kappa shape index (κ2) is 11.8. The van der Waals surface area contributed by atoms with Crippen molar-refractivity contribution in [3.63, 3.8) is 0 Å². The first kappa shape index (κ1) is 27.6. The van der Waals surface area contributed by atoms with Crippen LogP contribution in [0, 0.1) is 12.8 Å². The summed E-state index contributed by atoms with van der Waals surface area (Å²) in [5, 5.41) is 21.7. The molecule has 2 aromatic carbocycles. The van der Waals surface area contributed by atoms with Gasteiger partial charge in [0.2, 0.25) is 0 Å². The first-order valence-electron chi connectivity index (χ1n) is 12.2. The molecule has 5 rings (SSSR count). The molecule has 1 saturated heterocycles. The average molecular weight is 523 g/mol. The Hall–Kier alpha value is -1.96. The second-order valence-electron chi connectivity index (χ2n) is 9.66. The maximum Gasteiger partial charge on any atom is 0.161 e.